The molecule has 0 spiro atoms. The van der Waals surface area contributed by atoms with Crippen molar-refractivity contribution in [3.63, 3.8) is 0 Å². The van der Waals surface area contributed by atoms with Gasteiger partial charge in [-0.3, -0.25) is 0 Å². The number of aryl methyl sites for hydroxylation is 1. The summed E-state index contributed by atoms with van der Waals surface area (Å²) in [5.74, 6) is 0. The largest absolute Gasteiger partial charge is 0.388 e. The van der Waals surface area contributed by atoms with Crippen molar-refractivity contribution in [3.05, 3.63) is 21.9 Å². The van der Waals surface area contributed by atoms with Gasteiger partial charge in [-0.05, 0) is 44.2 Å². The summed E-state index contributed by atoms with van der Waals surface area (Å²) >= 11 is 1.73. The maximum absolute atomic E-state index is 10.0. The molecule has 1 saturated heterocycles. The zero-order valence-electron chi connectivity index (χ0n) is 9.82. The van der Waals surface area contributed by atoms with Crippen LogP contribution in [0, 0.1) is 0 Å². The van der Waals surface area contributed by atoms with Crippen LogP contribution in [0.2, 0.25) is 0 Å². The lowest BCUT2D eigenvalue weighted by Crippen LogP contribution is -2.07. The van der Waals surface area contributed by atoms with Gasteiger partial charge in [0.15, 0.2) is 0 Å². The predicted molar refractivity (Wildman–Crippen MR) is 66.9 cm³/mol. The van der Waals surface area contributed by atoms with E-state index in [2.05, 4.69) is 19.1 Å². The number of ether oxygens (including phenoxy) is 1. The Labute approximate surface area is 101 Å². The van der Waals surface area contributed by atoms with E-state index in [9.17, 15) is 5.11 Å². The summed E-state index contributed by atoms with van der Waals surface area (Å²) in [5.41, 5.74) is 0. The molecule has 1 N–H and O–H groups in total. The minimum absolute atomic E-state index is 0.297. The van der Waals surface area contributed by atoms with E-state index in [-0.39, 0.29) is 6.10 Å². The molecule has 90 valence electrons. The van der Waals surface area contributed by atoms with Gasteiger partial charge in [0.25, 0.3) is 0 Å². The number of thiophene rings is 1. The van der Waals surface area contributed by atoms with Crippen molar-refractivity contribution in [3.8, 4) is 0 Å². The Balaban J connectivity index is 1.80. The molecule has 0 bridgehead atoms. The number of hydrogen-bond donors (Lipinski definition) is 1. The van der Waals surface area contributed by atoms with E-state index in [4.69, 9.17) is 4.74 Å². The molecule has 0 aliphatic carbocycles. The van der Waals surface area contributed by atoms with Gasteiger partial charge in [0, 0.05) is 16.4 Å². The normalized spacial score (nSPS) is 22.5. The SMILES string of the molecule is CCc1ccc(C(O)CCC2CCCO2)s1. The summed E-state index contributed by atoms with van der Waals surface area (Å²) in [7, 11) is 0. The summed E-state index contributed by atoms with van der Waals surface area (Å²) in [6.45, 7) is 3.05. The molecule has 0 radical (unpaired) electrons. The summed E-state index contributed by atoms with van der Waals surface area (Å²) in [6, 6.07) is 4.18. The van der Waals surface area contributed by atoms with E-state index in [1.807, 2.05) is 0 Å². The van der Waals surface area contributed by atoms with Gasteiger partial charge in [0.05, 0.1) is 12.2 Å². The second kappa shape index (κ2) is 5.80. The van der Waals surface area contributed by atoms with Crippen LogP contribution in [-0.2, 0) is 11.2 Å². The second-order valence-corrected chi connectivity index (χ2v) is 5.59. The van der Waals surface area contributed by atoms with Crippen molar-refractivity contribution >= 4 is 11.3 Å². The van der Waals surface area contributed by atoms with Crippen LogP contribution in [0.25, 0.3) is 0 Å². The van der Waals surface area contributed by atoms with E-state index >= 15 is 0 Å². The lowest BCUT2D eigenvalue weighted by atomic mass is 10.1. The maximum Gasteiger partial charge on any atom is 0.0883 e. The minimum Gasteiger partial charge on any atom is -0.388 e. The number of rotatable bonds is 5. The van der Waals surface area contributed by atoms with Gasteiger partial charge in [0.1, 0.15) is 0 Å². The molecule has 3 heteroatoms. The van der Waals surface area contributed by atoms with Crippen LogP contribution >= 0.6 is 11.3 Å². The predicted octanol–water partition coefficient (Wildman–Crippen LogP) is 3.30. The number of aliphatic hydroxyl groups is 1. The Kier molecular flexibility index (Phi) is 4.38. The van der Waals surface area contributed by atoms with Crippen LogP contribution < -0.4 is 0 Å². The van der Waals surface area contributed by atoms with Gasteiger partial charge in [0.2, 0.25) is 0 Å². The molecule has 0 aromatic carbocycles. The topological polar surface area (TPSA) is 29.5 Å². The molecule has 0 saturated carbocycles. The summed E-state index contributed by atoms with van der Waals surface area (Å²) in [6.07, 6.45) is 5.31. The molecule has 1 aliphatic heterocycles. The highest BCUT2D eigenvalue weighted by Gasteiger charge is 2.18. The van der Waals surface area contributed by atoms with Crippen LogP contribution in [0.5, 0.6) is 0 Å². The molecule has 1 aromatic rings. The third kappa shape index (κ3) is 3.06. The van der Waals surface area contributed by atoms with Crippen LogP contribution in [0.15, 0.2) is 12.1 Å². The molecule has 2 atom stereocenters. The van der Waals surface area contributed by atoms with Crippen LogP contribution in [0.3, 0.4) is 0 Å². The first-order valence-corrected chi connectivity index (χ1v) is 6.99. The van der Waals surface area contributed by atoms with Gasteiger partial charge in [-0.2, -0.15) is 0 Å². The van der Waals surface area contributed by atoms with E-state index < -0.39 is 0 Å². The fraction of sp³-hybridized carbons (Fsp3) is 0.692. The number of aliphatic hydroxyl groups excluding tert-OH is 1. The molecule has 2 nitrogen and oxygen atoms in total. The lowest BCUT2D eigenvalue weighted by Gasteiger charge is -2.12. The van der Waals surface area contributed by atoms with E-state index in [1.165, 1.54) is 11.3 Å². The van der Waals surface area contributed by atoms with E-state index in [0.29, 0.717) is 6.10 Å². The van der Waals surface area contributed by atoms with Crippen molar-refractivity contribution in [1.29, 1.82) is 0 Å². The third-order valence-corrected chi connectivity index (χ3v) is 4.48. The highest BCUT2D eigenvalue weighted by atomic mass is 32.1. The Morgan fingerprint density at radius 2 is 2.44 bits per heavy atom. The Bertz CT molecular complexity index is 315. The standard InChI is InChI=1S/C13H20O2S/c1-2-11-6-8-13(16-11)12(14)7-5-10-4-3-9-15-10/h6,8,10,12,14H,2-5,7,9H2,1H3. The average Bonchev–Trinajstić information content (AvgIpc) is 2.96. The van der Waals surface area contributed by atoms with Crippen molar-refractivity contribution in [2.45, 2.75) is 51.2 Å². The summed E-state index contributed by atoms with van der Waals surface area (Å²) < 4.78 is 5.56. The Morgan fingerprint density at radius 3 is 3.06 bits per heavy atom. The van der Waals surface area contributed by atoms with Gasteiger partial charge >= 0.3 is 0 Å². The molecule has 2 heterocycles. The van der Waals surface area contributed by atoms with E-state index in [1.54, 1.807) is 11.3 Å². The molecule has 0 amide bonds. The van der Waals surface area contributed by atoms with Gasteiger partial charge < -0.3 is 9.84 Å². The average molecular weight is 240 g/mol. The van der Waals surface area contributed by atoms with E-state index in [0.717, 1.165) is 37.2 Å². The van der Waals surface area contributed by atoms with Crippen molar-refractivity contribution in [2.24, 2.45) is 0 Å². The van der Waals surface area contributed by atoms with Gasteiger partial charge in [-0.25, -0.2) is 0 Å². The second-order valence-electron chi connectivity index (χ2n) is 4.39. The monoisotopic (exact) mass is 240 g/mol. The number of hydrogen-bond acceptors (Lipinski definition) is 3. The molecule has 2 unspecified atom stereocenters. The maximum atomic E-state index is 10.0. The molecule has 1 aromatic heterocycles. The van der Waals surface area contributed by atoms with Crippen molar-refractivity contribution < 1.29 is 9.84 Å². The van der Waals surface area contributed by atoms with Crippen molar-refractivity contribution in [2.75, 3.05) is 6.61 Å². The zero-order valence-corrected chi connectivity index (χ0v) is 10.6. The highest BCUT2D eigenvalue weighted by Crippen LogP contribution is 2.28. The first-order valence-electron chi connectivity index (χ1n) is 6.18. The summed E-state index contributed by atoms with van der Waals surface area (Å²) in [4.78, 5) is 2.46. The fourth-order valence-corrected chi connectivity index (χ4v) is 3.09. The summed E-state index contributed by atoms with van der Waals surface area (Å²) in [5, 5.41) is 10.0. The lowest BCUT2D eigenvalue weighted by molar-refractivity contribution is 0.0820. The third-order valence-electron chi connectivity index (χ3n) is 3.15. The fourth-order valence-electron chi connectivity index (χ4n) is 2.12. The first kappa shape index (κ1) is 12.1. The Morgan fingerprint density at radius 1 is 1.56 bits per heavy atom. The minimum atomic E-state index is -0.297. The van der Waals surface area contributed by atoms with Crippen LogP contribution in [0.4, 0.5) is 0 Å². The quantitative estimate of drug-likeness (QED) is 0.855. The van der Waals surface area contributed by atoms with Gasteiger partial charge in [-0.15, -0.1) is 11.3 Å². The molecule has 1 aliphatic rings. The van der Waals surface area contributed by atoms with Crippen LogP contribution in [-0.4, -0.2) is 17.8 Å². The smallest absolute Gasteiger partial charge is 0.0883 e. The molecule has 16 heavy (non-hydrogen) atoms. The highest BCUT2D eigenvalue weighted by molar-refractivity contribution is 7.12. The van der Waals surface area contributed by atoms with Gasteiger partial charge in [-0.1, -0.05) is 6.92 Å². The van der Waals surface area contributed by atoms with Crippen LogP contribution in [0.1, 0.15) is 48.5 Å². The molecule has 2 rings (SSSR count). The molecular formula is C13H20O2S. The molecular weight excluding hydrogens is 220 g/mol. The first-order chi connectivity index (χ1) is 7.79. The Hall–Kier alpha value is -0.380. The molecule has 1 fully saturated rings. The van der Waals surface area contributed by atoms with Crippen molar-refractivity contribution in [1.82, 2.24) is 0 Å². The zero-order chi connectivity index (χ0) is 11.4.